The average molecular weight is 167 g/mol. The van der Waals surface area contributed by atoms with Gasteiger partial charge < -0.3 is 0 Å². The molecule has 0 aliphatic heterocycles. The zero-order valence-electron chi connectivity index (χ0n) is 5.10. The van der Waals surface area contributed by atoms with Crippen LogP contribution in [0.1, 0.15) is 20.8 Å². The summed E-state index contributed by atoms with van der Waals surface area (Å²) in [6, 6.07) is 0. The molecule has 0 saturated heterocycles. The van der Waals surface area contributed by atoms with E-state index in [0.29, 0.717) is 4.82 Å². The van der Waals surface area contributed by atoms with E-state index in [1.165, 1.54) is 0 Å². The van der Waals surface area contributed by atoms with E-state index in [2.05, 4.69) is 0 Å². The predicted molar refractivity (Wildman–Crippen MR) is 32.0 cm³/mol. The Morgan fingerprint density at radius 3 is 2.00 bits per heavy atom. The van der Waals surface area contributed by atoms with Gasteiger partial charge in [0.15, 0.2) is 0 Å². The van der Waals surface area contributed by atoms with Gasteiger partial charge in [0.2, 0.25) is 0 Å². The van der Waals surface area contributed by atoms with E-state index in [0.717, 1.165) is 5.32 Å². The van der Waals surface area contributed by atoms with Crippen LogP contribution < -0.4 is 0 Å². The van der Waals surface area contributed by atoms with Crippen LogP contribution in [0.15, 0.2) is 0 Å². The normalized spacial score (nSPS) is 14.9. The van der Waals surface area contributed by atoms with Gasteiger partial charge in [0.05, 0.1) is 0 Å². The minimum atomic E-state index is -1.39. The molecule has 1 nitrogen and oxygen atoms in total. The van der Waals surface area contributed by atoms with Crippen LogP contribution in [-0.4, -0.2) is 13.8 Å². The van der Waals surface area contributed by atoms with Crippen molar-refractivity contribution in [1.82, 2.24) is 0 Å². The summed E-state index contributed by atoms with van der Waals surface area (Å²) < 4.78 is 10.7. The molecule has 0 N–H and O–H groups in total. The second kappa shape index (κ2) is 3.34. The summed E-state index contributed by atoms with van der Waals surface area (Å²) in [4.78, 5) is 0.435. The van der Waals surface area contributed by atoms with Gasteiger partial charge in [-0.1, -0.05) is 0 Å². The van der Waals surface area contributed by atoms with Gasteiger partial charge in [-0.3, -0.25) is 0 Å². The Morgan fingerprint density at radius 2 is 2.00 bits per heavy atom. The third kappa shape index (κ3) is 2.95. The third-order valence-electron chi connectivity index (χ3n) is 0.810. The Hall–Kier alpha value is 0.319. The van der Waals surface area contributed by atoms with Gasteiger partial charge in [-0.2, -0.15) is 0 Å². The molecule has 1 unspecified atom stereocenters. The number of hydrogen-bond acceptors (Lipinski definition) is 1. The van der Waals surface area contributed by atoms with Crippen molar-refractivity contribution >= 4 is 13.8 Å². The molecule has 0 aliphatic carbocycles. The molecule has 0 amide bonds. The standard InChI is InChI=1S/C5H12OSe/c1-4-7(6)5(2)3/h5H,4H2,1-3H3. The van der Waals surface area contributed by atoms with Gasteiger partial charge in [0.25, 0.3) is 0 Å². The average Bonchev–Trinajstić information content (AvgIpc) is 1.65. The molecule has 0 bridgehead atoms. The zero-order chi connectivity index (χ0) is 5.86. The second-order valence-corrected chi connectivity index (χ2v) is 6.51. The van der Waals surface area contributed by atoms with Gasteiger partial charge in [-0.15, -0.1) is 0 Å². The Kier molecular flexibility index (Phi) is 3.49. The fraction of sp³-hybridized carbons (Fsp3) is 1.00. The Labute approximate surface area is 49.2 Å². The molecular formula is C5H12OSe. The van der Waals surface area contributed by atoms with Crippen LogP contribution in [0, 0.1) is 0 Å². The van der Waals surface area contributed by atoms with E-state index in [1.807, 2.05) is 20.8 Å². The molecule has 2 heteroatoms. The first-order valence-electron chi connectivity index (χ1n) is 2.55. The maximum atomic E-state index is 10.7. The molecular weight excluding hydrogens is 155 g/mol. The molecule has 0 fully saturated rings. The predicted octanol–water partition coefficient (Wildman–Crippen LogP) is 1.84. The van der Waals surface area contributed by atoms with Crippen molar-refractivity contribution in [2.24, 2.45) is 0 Å². The first kappa shape index (κ1) is 7.32. The van der Waals surface area contributed by atoms with Crippen LogP contribution in [0.3, 0.4) is 0 Å². The van der Waals surface area contributed by atoms with Gasteiger partial charge in [0, 0.05) is 0 Å². The van der Waals surface area contributed by atoms with Crippen molar-refractivity contribution in [1.29, 1.82) is 0 Å². The summed E-state index contributed by atoms with van der Waals surface area (Å²) >= 11 is -1.39. The van der Waals surface area contributed by atoms with Crippen LogP contribution in [-0.2, 0) is 3.83 Å². The zero-order valence-corrected chi connectivity index (χ0v) is 6.81. The summed E-state index contributed by atoms with van der Waals surface area (Å²) in [5.41, 5.74) is 0. The van der Waals surface area contributed by atoms with Gasteiger partial charge in [0.1, 0.15) is 0 Å². The monoisotopic (exact) mass is 168 g/mol. The fourth-order valence-electron chi connectivity index (χ4n) is 0.333. The molecule has 0 rings (SSSR count). The molecule has 0 radical (unpaired) electrons. The summed E-state index contributed by atoms with van der Waals surface area (Å²) in [6.45, 7) is 6.01. The van der Waals surface area contributed by atoms with Crippen molar-refractivity contribution < 1.29 is 3.83 Å². The molecule has 1 atom stereocenters. The van der Waals surface area contributed by atoms with Crippen molar-refractivity contribution in [2.75, 3.05) is 0 Å². The second-order valence-electron chi connectivity index (χ2n) is 1.72. The van der Waals surface area contributed by atoms with Crippen LogP contribution >= 0.6 is 0 Å². The number of rotatable bonds is 2. The van der Waals surface area contributed by atoms with E-state index in [1.54, 1.807) is 0 Å². The van der Waals surface area contributed by atoms with Crippen LogP contribution in [0.4, 0.5) is 0 Å². The summed E-state index contributed by atoms with van der Waals surface area (Å²) in [5.74, 6) is 0. The van der Waals surface area contributed by atoms with Gasteiger partial charge >= 0.3 is 48.6 Å². The molecule has 0 heterocycles. The molecule has 0 saturated carbocycles. The van der Waals surface area contributed by atoms with Crippen LogP contribution in [0.5, 0.6) is 0 Å². The van der Waals surface area contributed by atoms with Crippen molar-refractivity contribution in [3.05, 3.63) is 0 Å². The van der Waals surface area contributed by atoms with Crippen LogP contribution in [0.2, 0.25) is 10.1 Å². The molecule has 0 aromatic rings. The topological polar surface area (TPSA) is 17.1 Å². The van der Waals surface area contributed by atoms with Crippen LogP contribution in [0.25, 0.3) is 0 Å². The molecule has 44 valence electrons. The minimum absolute atomic E-state index is 0.435. The van der Waals surface area contributed by atoms with E-state index in [9.17, 15) is 3.83 Å². The van der Waals surface area contributed by atoms with E-state index < -0.39 is 13.8 Å². The van der Waals surface area contributed by atoms with E-state index in [-0.39, 0.29) is 0 Å². The van der Waals surface area contributed by atoms with Gasteiger partial charge in [-0.05, 0) is 0 Å². The van der Waals surface area contributed by atoms with Crippen molar-refractivity contribution in [2.45, 2.75) is 30.9 Å². The molecule has 7 heavy (non-hydrogen) atoms. The first-order chi connectivity index (χ1) is 3.18. The fourth-order valence-corrected chi connectivity index (χ4v) is 1.73. The molecule has 0 aromatic heterocycles. The SMILES string of the molecule is CC[Se](=O)C(C)C. The number of hydrogen-bond donors (Lipinski definition) is 0. The van der Waals surface area contributed by atoms with E-state index >= 15 is 0 Å². The first-order valence-corrected chi connectivity index (χ1v) is 5.45. The third-order valence-corrected chi connectivity index (χ3v) is 4.21. The van der Waals surface area contributed by atoms with Gasteiger partial charge in [-0.25, -0.2) is 0 Å². The Morgan fingerprint density at radius 1 is 1.57 bits per heavy atom. The Bertz CT molecular complexity index is 68.5. The maximum absolute atomic E-state index is 10.7. The van der Waals surface area contributed by atoms with Crippen molar-refractivity contribution in [3.8, 4) is 0 Å². The molecule has 0 aliphatic rings. The summed E-state index contributed by atoms with van der Waals surface area (Å²) in [7, 11) is 0. The molecule has 0 spiro atoms. The molecule has 0 aromatic carbocycles. The summed E-state index contributed by atoms with van der Waals surface area (Å²) in [6.07, 6.45) is 0. The van der Waals surface area contributed by atoms with E-state index in [4.69, 9.17) is 0 Å². The quantitative estimate of drug-likeness (QED) is 0.573. The summed E-state index contributed by atoms with van der Waals surface area (Å²) in [5, 5.41) is 0.887. The Balaban J connectivity index is 3.35. The van der Waals surface area contributed by atoms with Crippen molar-refractivity contribution in [3.63, 3.8) is 0 Å².